The van der Waals surface area contributed by atoms with Crippen molar-refractivity contribution in [3.8, 4) is 5.75 Å². The molecule has 0 spiro atoms. The molecule has 0 aromatic heterocycles. The summed E-state index contributed by atoms with van der Waals surface area (Å²) in [6, 6.07) is 6.69. The largest absolute Gasteiger partial charge is 0.509 e. The van der Waals surface area contributed by atoms with Gasteiger partial charge >= 0.3 is 18.3 Å². The van der Waals surface area contributed by atoms with Gasteiger partial charge in [0.1, 0.15) is 17.0 Å². The Morgan fingerprint density at radius 3 is 2.08 bits per heavy atom. The second-order valence-electron chi connectivity index (χ2n) is 11.7. The number of hydrogen-bond donors (Lipinski definition) is 1. The molecule has 1 aliphatic heterocycles. The number of nitrogens with zero attached hydrogens (tertiary/aromatic N) is 2. The van der Waals surface area contributed by atoms with Crippen molar-refractivity contribution < 1.29 is 38.1 Å². The molecular formula is C29H47N3O8. The Morgan fingerprint density at radius 2 is 1.55 bits per heavy atom. The fraction of sp³-hybridized carbons (Fsp3) is 0.690. The van der Waals surface area contributed by atoms with Crippen LogP contribution in [0.25, 0.3) is 0 Å². The third-order valence-corrected chi connectivity index (χ3v) is 6.23. The van der Waals surface area contributed by atoms with Gasteiger partial charge < -0.3 is 33.9 Å². The van der Waals surface area contributed by atoms with E-state index >= 15 is 0 Å². The molecular weight excluding hydrogens is 518 g/mol. The summed E-state index contributed by atoms with van der Waals surface area (Å²) in [5.41, 5.74) is -0.682. The monoisotopic (exact) mass is 565 g/mol. The van der Waals surface area contributed by atoms with E-state index in [-0.39, 0.29) is 6.54 Å². The highest BCUT2D eigenvalue weighted by atomic mass is 16.7. The standard InChI is InChI=1S/C29H47N3O8/c1-10-31(11-2)17-16-30-25(33)38-24-22(18-20-12-14-21(36-9)15-13-20)32(26(34)39-28(3,4)5)19-23(24)37-27(35)40-29(6,7)8/h12-15,22-24H,10-11,16-19H2,1-9H3,(H,30,33)/t22-,23+,24+/m1/s1. The number of amides is 2. The maximum Gasteiger partial charge on any atom is 0.509 e. The number of nitrogens with one attached hydrogen (secondary N) is 1. The molecule has 0 unspecified atom stereocenters. The fourth-order valence-corrected chi connectivity index (χ4v) is 4.30. The Hall–Kier alpha value is -3.21. The van der Waals surface area contributed by atoms with Gasteiger partial charge in [-0.1, -0.05) is 26.0 Å². The molecule has 226 valence electrons. The maximum absolute atomic E-state index is 13.3. The quantitative estimate of drug-likeness (QED) is 0.321. The van der Waals surface area contributed by atoms with Crippen molar-refractivity contribution in [2.45, 2.75) is 91.3 Å². The first-order valence-electron chi connectivity index (χ1n) is 13.8. The van der Waals surface area contributed by atoms with Crippen molar-refractivity contribution in [2.24, 2.45) is 0 Å². The Bertz CT molecular complexity index is 967. The molecule has 0 radical (unpaired) electrons. The zero-order valence-electron chi connectivity index (χ0n) is 25.4. The van der Waals surface area contributed by atoms with Gasteiger partial charge in [-0.15, -0.1) is 0 Å². The van der Waals surface area contributed by atoms with Crippen LogP contribution >= 0.6 is 0 Å². The summed E-state index contributed by atoms with van der Waals surface area (Å²) in [5, 5.41) is 2.78. The van der Waals surface area contributed by atoms with Crippen LogP contribution in [0.2, 0.25) is 0 Å². The van der Waals surface area contributed by atoms with Gasteiger partial charge in [-0.25, -0.2) is 14.4 Å². The van der Waals surface area contributed by atoms with Crippen LogP contribution in [0.3, 0.4) is 0 Å². The lowest BCUT2D eigenvalue weighted by atomic mass is 10.0. The van der Waals surface area contributed by atoms with Crippen LogP contribution in [-0.4, -0.2) is 97.4 Å². The van der Waals surface area contributed by atoms with Crippen molar-refractivity contribution in [3.05, 3.63) is 29.8 Å². The zero-order valence-corrected chi connectivity index (χ0v) is 25.4. The van der Waals surface area contributed by atoms with Gasteiger partial charge in [-0.3, -0.25) is 4.90 Å². The van der Waals surface area contributed by atoms with Gasteiger partial charge in [-0.05, 0) is 78.7 Å². The third kappa shape index (κ3) is 10.7. The molecule has 1 saturated heterocycles. The molecule has 1 fully saturated rings. The zero-order chi connectivity index (χ0) is 30.1. The summed E-state index contributed by atoms with van der Waals surface area (Å²) in [7, 11) is 1.58. The predicted octanol–water partition coefficient (Wildman–Crippen LogP) is 4.61. The number of methoxy groups -OCH3 is 1. The number of ether oxygens (including phenoxy) is 5. The Labute approximate surface area is 238 Å². The van der Waals surface area contributed by atoms with Gasteiger partial charge in [0.15, 0.2) is 12.2 Å². The Morgan fingerprint density at radius 1 is 0.950 bits per heavy atom. The first kappa shape index (κ1) is 33.0. The highest BCUT2D eigenvalue weighted by Gasteiger charge is 2.50. The van der Waals surface area contributed by atoms with E-state index in [0.29, 0.717) is 25.3 Å². The SMILES string of the molecule is CCN(CC)CCNC(=O)O[C@@H]1[C@@H](OC(=O)OC(C)(C)C)CN(C(=O)OC(C)(C)C)[C@@H]1Cc1ccc(OC)cc1. The molecule has 11 nitrogen and oxygen atoms in total. The average Bonchev–Trinajstić information content (AvgIpc) is 3.16. The van der Waals surface area contributed by atoms with Crippen molar-refractivity contribution in [3.63, 3.8) is 0 Å². The molecule has 1 aromatic rings. The first-order valence-corrected chi connectivity index (χ1v) is 13.8. The van der Waals surface area contributed by atoms with E-state index in [1.807, 2.05) is 38.1 Å². The van der Waals surface area contributed by atoms with Crippen molar-refractivity contribution in [1.82, 2.24) is 15.1 Å². The number of hydrogen-bond acceptors (Lipinski definition) is 9. The highest BCUT2D eigenvalue weighted by molar-refractivity contribution is 5.71. The van der Waals surface area contributed by atoms with Crippen LogP contribution in [0.5, 0.6) is 5.75 Å². The minimum absolute atomic E-state index is 0.0353. The average molecular weight is 566 g/mol. The predicted molar refractivity (Wildman–Crippen MR) is 151 cm³/mol. The fourth-order valence-electron chi connectivity index (χ4n) is 4.30. The van der Waals surface area contributed by atoms with Gasteiger partial charge in [0, 0.05) is 13.1 Å². The number of carbonyl (C=O) groups excluding carboxylic acids is 3. The number of rotatable bonds is 10. The van der Waals surface area contributed by atoms with Crippen LogP contribution in [-0.2, 0) is 25.4 Å². The van der Waals surface area contributed by atoms with E-state index in [1.165, 1.54) is 4.90 Å². The summed E-state index contributed by atoms with van der Waals surface area (Å²) < 4.78 is 27.8. The molecule has 1 heterocycles. The number of likely N-dealkylation sites (N-methyl/N-ethyl adjacent to an activating group) is 1. The Balaban J connectivity index is 2.35. The molecule has 0 aliphatic carbocycles. The van der Waals surface area contributed by atoms with Crippen LogP contribution in [0, 0.1) is 0 Å². The number of carbonyl (C=O) groups is 3. The lowest BCUT2D eigenvalue weighted by Gasteiger charge is -2.30. The molecule has 2 amide bonds. The molecule has 40 heavy (non-hydrogen) atoms. The minimum Gasteiger partial charge on any atom is -0.497 e. The molecule has 1 N–H and O–H groups in total. The van der Waals surface area contributed by atoms with E-state index in [1.54, 1.807) is 48.7 Å². The van der Waals surface area contributed by atoms with Crippen LogP contribution in [0.15, 0.2) is 24.3 Å². The second kappa shape index (κ2) is 14.4. The summed E-state index contributed by atoms with van der Waals surface area (Å²) in [6.45, 7) is 17.3. The van der Waals surface area contributed by atoms with E-state index in [2.05, 4.69) is 10.2 Å². The van der Waals surface area contributed by atoms with Crippen molar-refractivity contribution in [1.29, 1.82) is 0 Å². The van der Waals surface area contributed by atoms with Gasteiger partial charge in [0.05, 0.1) is 19.7 Å². The first-order chi connectivity index (χ1) is 18.7. The number of likely N-dealkylation sites (tertiary alicyclic amines) is 1. The third-order valence-electron chi connectivity index (χ3n) is 6.23. The smallest absolute Gasteiger partial charge is 0.497 e. The number of benzene rings is 1. The van der Waals surface area contributed by atoms with E-state index in [4.69, 9.17) is 23.7 Å². The van der Waals surface area contributed by atoms with Gasteiger partial charge in [0.25, 0.3) is 0 Å². The molecule has 0 saturated carbocycles. The van der Waals surface area contributed by atoms with Crippen molar-refractivity contribution >= 4 is 18.3 Å². The van der Waals surface area contributed by atoms with Crippen LogP contribution < -0.4 is 10.1 Å². The van der Waals surface area contributed by atoms with E-state index in [9.17, 15) is 14.4 Å². The number of alkyl carbamates (subject to hydrolysis) is 1. The summed E-state index contributed by atoms with van der Waals surface area (Å²) in [4.78, 5) is 42.5. The highest BCUT2D eigenvalue weighted by Crippen LogP contribution is 2.30. The van der Waals surface area contributed by atoms with E-state index < -0.39 is 47.8 Å². The lowest BCUT2D eigenvalue weighted by Crippen LogP contribution is -2.46. The Kier molecular flexibility index (Phi) is 11.9. The van der Waals surface area contributed by atoms with Gasteiger partial charge in [-0.2, -0.15) is 0 Å². The molecule has 1 aliphatic rings. The molecule has 11 heteroatoms. The molecule has 1 aromatic carbocycles. The maximum atomic E-state index is 13.3. The normalized spacial score (nSPS) is 19.2. The lowest BCUT2D eigenvalue weighted by molar-refractivity contribution is -0.0518. The summed E-state index contributed by atoms with van der Waals surface area (Å²) in [6.07, 6.45) is -3.82. The molecule has 0 bridgehead atoms. The van der Waals surface area contributed by atoms with E-state index in [0.717, 1.165) is 18.7 Å². The molecule has 2 rings (SSSR count). The summed E-state index contributed by atoms with van der Waals surface area (Å²) in [5.74, 6) is 0.686. The topological polar surface area (TPSA) is 116 Å². The van der Waals surface area contributed by atoms with Gasteiger partial charge in [0.2, 0.25) is 0 Å². The second-order valence-corrected chi connectivity index (χ2v) is 11.7. The molecule has 3 atom stereocenters. The van der Waals surface area contributed by atoms with Crippen molar-refractivity contribution in [2.75, 3.05) is 39.8 Å². The summed E-state index contributed by atoms with van der Waals surface area (Å²) >= 11 is 0. The van der Waals surface area contributed by atoms with Crippen LogP contribution in [0.1, 0.15) is 61.0 Å². The van der Waals surface area contributed by atoms with Crippen LogP contribution in [0.4, 0.5) is 14.4 Å². The minimum atomic E-state index is -0.976.